The predicted octanol–water partition coefficient (Wildman–Crippen LogP) is 3.20. The quantitative estimate of drug-likeness (QED) is 0.795. The van der Waals surface area contributed by atoms with Gasteiger partial charge in [-0.1, -0.05) is 0 Å². The lowest BCUT2D eigenvalue weighted by molar-refractivity contribution is 0.435. The highest BCUT2D eigenvalue weighted by Gasteiger charge is 2.17. The highest BCUT2D eigenvalue weighted by Crippen LogP contribution is 2.29. The number of halogens is 1. The zero-order valence-corrected chi connectivity index (χ0v) is 10.2. The Morgan fingerprint density at radius 2 is 1.20 bits per heavy atom. The van der Waals surface area contributed by atoms with E-state index in [1.54, 1.807) is 0 Å². The van der Waals surface area contributed by atoms with Crippen molar-refractivity contribution in [3.63, 3.8) is 0 Å². The molecule has 84 valence electrons. The summed E-state index contributed by atoms with van der Waals surface area (Å²) in [5.41, 5.74) is 12.8. The van der Waals surface area contributed by atoms with Crippen LogP contribution < -0.4 is 5.73 Å². The number of nitrogens with two attached hydrogens (primary N) is 1. The number of alkyl halides is 1. The topological polar surface area (TPSA) is 26.0 Å². The molecule has 0 aliphatic carbocycles. The highest BCUT2D eigenvalue weighted by molar-refractivity contribution is 5.50. The van der Waals surface area contributed by atoms with Crippen LogP contribution in [-0.4, -0.2) is 6.67 Å². The van der Waals surface area contributed by atoms with Gasteiger partial charge in [-0.3, -0.25) is 0 Å². The van der Waals surface area contributed by atoms with Gasteiger partial charge < -0.3 is 5.73 Å². The molecule has 1 aromatic carbocycles. The minimum atomic E-state index is -0.496. The maximum Gasteiger partial charge on any atom is 0.109 e. The average molecular weight is 209 g/mol. The van der Waals surface area contributed by atoms with Gasteiger partial charge in [-0.05, 0) is 68.0 Å². The van der Waals surface area contributed by atoms with Crippen LogP contribution in [0, 0.1) is 34.6 Å². The second-order valence-corrected chi connectivity index (χ2v) is 4.30. The Bertz CT molecular complexity index is 354. The second-order valence-electron chi connectivity index (χ2n) is 4.30. The highest BCUT2D eigenvalue weighted by atomic mass is 19.1. The van der Waals surface area contributed by atoms with E-state index in [-0.39, 0.29) is 0 Å². The first kappa shape index (κ1) is 12.2. The van der Waals surface area contributed by atoms with Gasteiger partial charge in [0.15, 0.2) is 0 Å². The Hall–Kier alpha value is -0.890. The molecule has 1 aromatic rings. The van der Waals surface area contributed by atoms with Crippen LogP contribution >= 0.6 is 0 Å². The molecule has 0 aromatic heterocycles. The van der Waals surface area contributed by atoms with E-state index in [4.69, 9.17) is 5.73 Å². The third-order valence-electron chi connectivity index (χ3n) is 3.60. The summed E-state index contributed by atoms with van der Waals surface area (Å²) in [6.07, 6.45) is 0. The van der Waals surface area contributed by atoms with Crippen molar-refractivity contribution in [1.82, 2.24) is 0 Å². The Labute approximate surface area is 91.5 Å². The van der Waals surface area contributed by atoms with Gasteiger partial charge in [-0.25, -0.2) is 4.39 Å². The zero-order valence-electron chi connectivity index (χ0n) is 10.2. The lowest BCUT2D eigenvalue weighted by atomic mass is 9.87. The SMILES string of the molecule is Cc1c(C)c(C)c([C@@H](N)CF)c(C)c1C. The van der Waals surface area contributed by atoms with Crippen LogP contribution in [0.4, 0.5) is 4.39 Å². The van der Waals surface area contributed by atoms with E-state index in [0.717, 1.165) is 16.7 Å². The number of hydrogen-bond donors (Lipinski definition) is 1. The largest absolute Gasteiger partial charge is 0.322 e. The van der Waals surface area contributed by atoms with Crippen LogP contribution in [0.15, 0.2) is 0 Å². The summed E-state index contributed by atoms with van der Waals surface area (Å²) < 4.78 is 12.7. The summed E-state index contributed by atoms with van der Waals surface area (Å²) in [6, 6.07) is -0.483. The summed E-state index contributed by atoms with van der Waals surface area (Å²) in [7, 11) is 0. The van der Waals surface area contributed by atoms with Crippen molar-refractivity contribution in [1.29, 1.82) is 0 Å². The summed E-state index contributed by atoms with van der Waals surface area (Å²) in [4.78, 5) is 0. The monoisotopic (exact) mass is 209 g/mol. The molecular formula is C13H20FN. The molecule has 0 saturated carbocycles. The first-order chi connectivity index (χ1) is 6.91. The number of rotatable bonds is 2. The summed E-state index contributed by atoms with van der Waals surface area (Å²) in [5, 5.41) is 0. The fourth-order valence-electron chi connectivity index (χ4n) is 2.16. The lowest BCUT2D eigenvalue weighted by Crippen LogP contribution is -2.17. The van der Waals surface area contributed by atoms with E-state index in [0.29, 0.717) is 0 Å². The van der Waals surface area contributed by atoms with Crippen molar-refractivity contribution in [2.24, 2.45) is 5.73 Å². The molecule has 2 heteroatoms. The molecule has 0 aliphatic rings. The van der Waals surface area contributed by atoms with Crippen molar-refractivity contribution in [3.05, 3.63) is 33.4 Å². The average Bonchev–Trinajstić information content (AvgIpc) is 2.23. The van der Waals surface area contributed by atoms with Crippen molar-refractivity contribution in [2.75, 3.05) is 6.67 Å². The molecule has 2 N–H and O–H groups in total. The van der Waals surface area contributed by atoms with Gasteiger partial charge in [0.25, 0.3) is 0 Å². The van der Waals surface area contributed by atoms with Crippen molar-refractivity contribution in [3.8, 4) is 0 Å². The lowest BCUT2D eigenvalue weighted by Gasteiger charge is -2.21. The van der Waals surface area contributed by atoms with Gasteiger partial charge in [0.2, 0.25) is 0 Å². The molecular weight excluding hydrogens is 189 g/mol. The van der Waals surface area contributed by atoms with Gasteiger partial charge >= 0.3 is 0 Å². The summed E-state index contributed by atoms with van der Waals surface area (Å²) in [5.74, 6) is 0. The molecule has 0 heterocycles. The fourth-order valence-corrected chi connectivity index (χ4v) is 2.16. The third-order valence-corrected chi connectivity index (χ3v) is 3.60. The molecule has 1 nitrogen and oxygen atoms in total. The first-order valence-corrected chi connectivity index (χ1v) is 5.30. The molecule has 0 unspecified atom stereocenters. The van der Waals surface area contributed by atoms with E-state index in [1.165, 1.54) is 16.7 Å². The van der Waals surface area contributed by atoms with Crippen LogP contribution in [0.25, 0.3) is 0 Å². The summed E-state index contributed by atoms with van der Waals surface area (Å²) >= 11 is 0. The normalized spacial score (nSPS) is 13.0. The van der Waals surface area contributed by atoms with Gasteiger partial charge in [0.05, 0.1) is 6.04 Å². The van der Waals surface area contributed by atoms with Crippen LogP contribution in [0.1, 0.15) is 39.4 Å². The molecule has 1 atom stereocenters. The van der Waals surface area contributed by atoms with E-state index in [1.807, 2.05) is 13.8 Å². The van der Waals surface area contributed by atoms with Gasteiger partial charge in [0, 0.05) is 0 Å². The maximum absolute atomic E-state index is 12.7. The minimum Gasteiger partial charge on any atom is -0.322 e. The van der Waals surface area contributed by atoms with E-state index >= 15 is 0 Å². The van der Waals surface area contributed by atoms with E-state index < -0.39 is 12.7 Å². The van der Waals surface area contributed by atoms with E-state index in [9.17, 15) is 4.39 Å². The third kappa shape index (κ3) is 1.91. The zero-order chi connectivity index (χ0) is 11.7. The Morgan fingerprint density at radius 1 is 0.867 bits per heavy atom. The van der Waals surface area contributed by atoms with Crippen molar-refractivity contribution in [2.45, 2.75) is 40.7 Å². The number of hydrogen-bond acceptors (Lipinski definition) is 1. The smallest absolute Gasteiger partial charge is 0.109 e. The van der Waals surface area contributed by atoms with Crippen LogP contribution in [-0.2, 0) is 0 Å². The molecule has 0 aliphatic heterocycles. The van der Waals surface area contributed by atoms with Crippen LogP contribution in [0.3, 0.4) is 0 Å². The maximum atomic E-state index is 12.7. The van der Waals surface area contributed by atoms with E-state index in [2.05, 4.69) is 20.8 Å². The van der Waals surface area contributed by atoms with Gasteiger partial charge in [-0.2, -0.15) is 0 Å². The summed E-state index contributed by atoms with van der Waals surface area (Å²) in [6.45, 7) is 9.81. The molecule has 0 radical (unpaired) electrons. The van der Waals surface area contributed by atoms with Gasteiger partial charge in [0.1, 0.15) is 6.67 Å². The number of benzene rings is 1. The minimum absolute atomic E-state index is 0.483. The second kappa shape index (κ2) is 4.31. The Balaban J connectivity index is 3.52. The molecule has 0 fully saturated rings. The molecule has 0 saturated heterocycles. The van der Waals surface area contributed by atoms with Crippen LogP contribution in [0.5, 0.6) is 0 Å². The van der Waals surface area contributed by atoms with Gasteiger partial charge in [-0.15, -0.1) is 0 Å². The van der Waals surface area contributed by atoms with Crippen molar-refractivity contribution >= 4 is 0 Å². The van der Waals surface area contributed by atoms with Crippen molar-refractivity contribution < 1.29 is 4.39 Å². The first-order valence-electron chi connectivity index (χ1n) is 5.30. The molecule has 0 bridgehead atoms. The molecule has 0 amide bonds. The molecule has 1 rings (SSSR count). The molecule has 15 heavy (non-hydrogen) atoms. The van der Waals surface area contributed by atoms with Crippen LogP contribution in [0.2, 0.25) is 0 Å². The fraction of sp³-hybridized carbons (Fsp3) is 0.538. The predicted molar refractivity (Wildman–Crippen MR) is 63.0 cm³/mol. The molecule has 0 spiro atoms. The Kier molecular flexibility index (Phi) is 3.50. The Morgan fingerprint density at radius 3 is 1.53 bits per heavy atom. The standard InChI is InChI=1S/C13H20FN/c1-7-8(2)10(4)13(12(15)6-14)11(5)9(7)3/h12H,6,15H2,1-5H3/t12-/m0/s1.